The van der Waals surface area contributed by atoms with Crippen LogP contribution in [0.4, 0.5) is 0 Å². The summed E-state index contributed by atoms with van der Waals surface area (Å²) in [7, 11) is 0. The van der Waals surface area contributed by atoms with E-state index < -0.39 is 11.6 Å². The van der Waals surface area contributed by atoms with E-state index in [9.17, 15) is 14.7 Å². The van der Waals surface area contributed by atoms with Gasteiger partial charge in [-0.25, -0.2) is 9.59 Å². The third kappa shape index (κ3) is 3.22. The van der Waals surface area contributed by atoms with Crippen LogP contribution in [0.15, 0.2) is 11.6 Å². The van der Waals surface area contributed by atoms with Gasteiger partial charge >= 0.3 is 11.9 Å². The van der Waals surface area contributed by atoms with Crippen molar-refractivity contribution in [3.8, 4) is 0 Å². The van der Waals surface area contributed by atoms with Crippen LogP contribution in [-0.2, 0) is 19.1 Å². The van der Waals surface area contributed by atoms with E-state index in [0.29, 0.717) is 6.42 Å². The molecule has 0 radical (unpaired) electrons. The Morgan fingerprint density at radius 1 is 1.29 bits per heavy atom. The molecule has 6 nitrogen and oxygen atoms in total. The van der Waals surface area contributed by atoms with Crippen LogP contribution in [0.3, 0.4) is 0 Å². The van der Waals surface area contributed by atoms with Crippen LogP contribution in [0.2, 0.25) is 0 Å². The molecule has 0 unspecified atom stereocenters. The van der Waals surface area contributed by atoms with Gasteiger partial charge < -0.3 is 14.6 Å². The molecule has 2 fully saturated rings. The number of carbonyl (C=O) groups is 2. The highest BCUT2D eigenvalue weighted by molar-refractivity contribution is 5.83. The lowest BCUT2D eigenvalue weighted by Crippen LogP contribution is -2.44. The van der Waals surface area contributed by atoms with Gasteiger partial charge in [0.05, 0.1) is 12.6 Å². The second-order valence-corrected chi connectivity index (χ2v) is 7.68. The minimum absolute atomic E-state index is 0.110. The average molecular weight is 337 g/mol. The van der Waals surface area contributed by atoms with Crippen LogP contribution < -0.4 is 0 Å². The summed E-state index contributed by atoms with van der Waals surface area (Å²) in [4.78, 5) is 26.9. The number of nitrogens with zero attached hydrogens (tertiary/aromatic N) is 1. The number of cyclic esters (lactones) is 1. The molecule has 0 aliphatic carbocycles. The van der Waals surface area contributed by atoms with Crippen molar-refractivity contribution in [1.82, 2.24) is 4.90 Å². The predicted octanol–water partition coefficient (Wildman–Crippen LogP) is 1.27. The fourth-order valence-electron chi connectivity index (χ4n) is 4.18. The largest absolute Gasteiger partial charge is 0.463 e. The molecule has 3 rings (SSSR count). The highest BCUT2D eigenvalue weighted by Crippen LogP contribution is 2.36. The first kappa shape index (κ1) is 17.4. The van der Waals surface area contributed by atoms with Crippen molar-refractivity contribution in [2.45, 2.75) is 57.8 Å². The number of ether oxygens (including phenoxy) is 2. The Morgan fingerprint density at radius 3 is 2.75 bits per heavy atom. The number of hydrogen-bond donors (Lipinski definition) is 1. The Balaban J connectivity index is 1.86. The van der Waals surface area contributed by atoms with Gasteiger partial charge in [0.25, 0.3) is 0 Å². The summed E-state index contributed by atoms with van der Waals surface area (Å²) >= 11 is 0. The van der Waals surface area contributed by atoms with Crippen molar-refractivity contribution >= 4 is 11.9 Å². The second kappa shape index (κ2) is 6.48. The molecule has 0 spiro atoms. The first-order valence-corrected chi connectivity index (χ1v) is 8.80. The van der Waals surface area contributed by atoms with Gasteiger partial charge in [0.15, 0.2) is 5.60 Å². The second-order valence-electron chi connectivity index (χ2n) is 7.68. The van der Waals surface area contributed by atoms with Crippen LogP contribution in [0, 0.1) is 11.8 Å². The van der Waals surface area contributed by atoms with Crippen LogP contribution in [-0.4, -0.2) is 59.4 Å². The normalized spacial score (nSPS) is 41.4. The zero-order valence-electron chi connectivity index (χ0n) is 14.7. The number of carbonyl (C=O) groups excluding carboxylic acids is 2. The maximum Gasteiger partial charge on any atom is 0.338 e. The molecule has 3 aliphatic heterocycles. The topological polar surface area (TPSA) is 76.1 Å². The van der Waals surface area contributed by atoms with E-state index in [2.05, 4.69) is 4.90 Å². The van der Waals surface area contributed by atoms with E-state index in [1.807, 2.05) is 6.92 Å². The predicted molar refractivity (Wildman–Crippen MR) is 87.1 cm³/mol. The molecule has 0 aromatic heterocycles. The third-order valence-corrected chi connectivity index (χ3v) is 5.83. The van der Waals surface area contributed by atoms with Gasteiger partial charge in [-0.05, 0) is 45.6 Å². The maximum atomic E-state index is 12.4. The van der Waals surface area contributed by atoms with Gasteiger partial charge in [0, 0.05) is 18.5 Å². The van der Waals surface area contributed by atoms with E-state index in [0.717, 1.165) is 31.5 Å². The molecule has 3 aliphatic rings. The summed E-state index contributed by atoms with van der Waals surface area (Å²) in [6.07, 6.45) is 3.51. The molecule has 0 bridgehead atoms. The summed E-state index contributed by atoms with van der Waals surface area (Å²) in [5.41, 5.74) is -0.780. The Hall–Kier alpha value is -1.40. The molecule has 2 saturated heterocycles. The zero-order chi connectivity index (χ0) is 17.5. The summed E-state index contributed by atoms with van der Waals surface area (Å²) < 4.78 is 11.2. The molecule has 0 aromatic carbocycles. The van der Waals surface area contributed by atoms with E-state index in [1.165, 1.54) is 13.0 Å². The molecular formula is C18H27NO5. The average Bonchev–Trinajstić information content (AvgIpc) is 3.06. The minimum Gasteiger partial charge on any atom is -0.463 e. The van der Waals surface area contributed by atoms with Crippen LogP contribution in [0.25, 0.3) is 0 Å². The molecule has 5 atom stereocenters. The van der Waals surface area contributed by atoms with Gasteiger partial charge in [-0.15, -0.1) is 0 Å². The molecule has 6 heteroatoms. The number of esters is 2. The van der Waals surface area contributed by atoms with E-state index in [4.69, 9.17) is 9.47 Å². The molecule has 3 heterocycles. The van der Waals surface area contributed by atoms with Crippen molar-refractivity contribution in [1.29, 1.82) is 0 Å². The van der Waals surface area contributed by atoms with Crippen LogP contribution in [0.1, 0.15) is 40.0 Å². The van der Waals surface area contributed by atoms with Crippen molar-refractivity contribution in [3.63, 3.8) is 0 Å². The summed E-state index contributed by atoms with van der Waals surface area (Å²) in [5, 5.41) is 10.6. The van der Waals surface area contributed by atoms with E-state index in [-0.39, 0.29) is 36.6 Å². The lowest BCUT2D eigenvalue weighted by atomic mass is 9.85. The molecule has 0 saturated carbocycles. The number of hydrogen-bond acceptors (Lipinski definition) is 6. The van der Waals surface area contributed by atoms with E-state index >= 15 is 0 Å². The first-order valence-electron chi connectivity index (χ1n) is 8.80. The number of aliphatic hydroxyl groups is 1. The Kier molecular flexibility index (Phi) is 4.71. The van der Waals surface area contributed by atoms with Crippen molar-refractivity contribution in [3.05, 3.63) is 11.6 Å². The molecular weight excluding hydrogens is 310 g/mol. The standard InChI is InChI=1S/C18H27NO5/c1-11-8-12(2)18(3,22)17(21)23-10-13-4-6-19-7-5-14(16(13)19)24-15(20)9-11/h9,12-14,16,22H,4-8,10H2,1-3H3/t12-,13+,14+,16+,18+/m1/s1. The lowest BCUT2D eigenvalue weighted by Gasteiger charge is -2.29. The molecule has 134 valence electrons. The number of rotatable bonds is 0. The first-order chi connectivity index (χ1) is 11.3. The number of allylic oxidation sites excluding steroid dienone is 1. The maximum absolute atomic E-state index is 12.4. The van der Waals surface area contributed by atoms with E-state index in [1.54, 1.807) is 6.92 Å². The SMILES string of the molecule is CC1=CC(=O)O[C@H]2CCN3CC[C@@H](COC(=O)[C@@](C)(O)[C@H](C)C1)[C@@H]23. The Labute approximate surface area is 142 Å². The van der Waals surface area contributed by atoms with Crippen molar-refractivity contribution in [2.24, 2.45) is 11.8 Å². The zero-order valence-corrected chi connectivity index (χ0v) is 14.7. The van der Waals surface area contributed by atoms with Gasteiger partial charge in [0.1, 0.15) is 6.10 Å². The quantitative estimate of drug-likeness (QED) is 0.671. The fourth-order valence-corrected chi connectivity index (χ4v) is 4.18. The molecule has 0 amide bonds. The minimum atomic E-state index is -1.57. The summed E-state index contributed by atoms with van der Waals surface area (Å²) in [6.45, 7) is 7.20. The van der Waals surface area contributed by atoms with Crippen LogP contribution in [0.5, 0.6) is 0 Å². The highest BCUT2D eigenvalue weighted by Gasteiger charge is 2.47. The fraction of sp³-hybridized carbons (Fsp3) is 0.778. The molecule has 1 N–H and O–H groups in total. The monoisotopic (exact) mass is 337 g/mol. The van der Waals surface area contributed by atoms with Gasteiger partial charge in [-0.2, -0.15) is 0 Å². The summed E-state index contributed by atoms with van der Waals surface area (Å²) in [5.74, 6) is -1.12. The molecule has 24 heavy (non-hydrogen) atoms. The highest BCUT2D eigenvalue weighted by atomic mass is 16.6. The van der Waals surface area contributed by atoms with Gasteiger partial charge in [-0.3, -0.25) is 4.90 Å². The van der Waals surface area contributed by atoms with Crippen LogP contribution >= 0.6 is 0 Å². The lowest BCUT2D eigenvalue weighted by molar-refractivity contribution is -0.171. The molecule has 0 aromatic rings. The Bertz CT molecular complexity index is 556. The van der Waals surface area contributed by atoms with Crippen molar-refractivity contribution < 1.29 is 24.2 Å². The Morgan fingerprint density at radius 2 is 2.00 bits per heavy atom. The van der Waals surface area contributed by atoms with Gasteiger partial charge in [0.2, 0.25) is 0 Å². The van der Waals surface area contributed by atoms with Crippen molar-refractivity contribution in [2.75, 3.05) is 19.7 Å². The smallest absolute Gasteiger partial charge is 0.338 e. The third-order valence-electron chi connectivity index (χ3n) is 5.83. The summed E-state index contributed by atoms with van der Waals surface area (Å²) in [6, 6.07) is 0.110. The van der Waals surface area contributed by atoms with Gasteiger partial charge in [-0.1, -0.05) is 12.5 Å².